The number of nitrogens with zero attached hydrogens (tertiary/aromatic N) is 4. The molecule has 3 aliphatic heterocycles. The van der Waals surface area contributed by atoms with Gasteiger partial charge >= 0.3 is 6.09 Å². The predicted molar refractivity (Wildman–Crippen MR) is 205 cm³/mol. The van der Waals surface area contributed by atoms with Crippen LogP contribution in [0, 0.1) is 11.8 Å². The first-order valence-corrected chi connectivity index (χ1v) is 18.9. The Morgan fingerprint density at radius 3 is 1.87 bits per heavy atom. The molecule has 55 heavy (non-hydrogen) atoms. The van der Waals surface area contributed by atoms with Gasteiger partial charge in [-0.15, -0.1) is 0 Å². The number of amides is 3. The van der Waals surface area contributed by atoms with Crippen molar-refractivity contribution in [2.45, 2.75) is 62.8 Å². The predicted octanol–water partition coefficient (Wildman–Crippen LogP) is 6.47. The second-order valence-corrected chi connectivity index (χ2v) is 14.1. The molecule has 3 fully saturated rings. The maximum Gasteiger partial charge on any atom is 0.407 e. The number of hydrogen-bond donors (Lipinski definition) is 3. The minimum Gasteiger partial charge on any atom is -0.453 e. The van der Waals surface area contributed by atoms with Crippen LogP contribution in [0.4, 0.5) is 4.79 Å². The zero-order chi connectivity index (χ0) is 37.7. The maximum atomic E-state index is 13.8. The number of H-pyrrole nitrogens is 2. The van der Waals surface area contributed by atoms with E-state index in [-0.39, 0.29) is 30.0 Å². The van der Waals surface area contributed by atoms with Gasteiger partial charge in [-0.05, 0) is 79.5 Å². The van der Waals surface area contributed by atoms with Crippen LogP contribution < -0.4 is 5.32 Å². The Labute approximate surface area is 319 Å². The highest BCUT2D eigenvalue weighted by molar-refractivity contribution is 5.87. The molecule has 12 nitrogen and oxygen atoms in total. The van der Waals surface area contributed by atoms with E-state index < -0.39 is 12.1 Å². The van der Waals surface area contributed by atoms with Gasteiger partial charge in [0, 0.05) is 30.8 Å². The molecule has 5 aromatic rings. The lowest BCUT2D eigenvalue weighted by Gasteiger charge is -2.28. The fourth-order valence-corrected chi connectivity index (χ4v) is 7.78. The first kappa shape index (κ1) is 35.8. The Hall–Kier alpha value is -6.19. The van der Waals surface area contributed by atoms with Crippen LogP contribution >= 0.6 is 0 Å². The molecule has 0 radical (unpaired) electrons. The highest BCUT2D eigenvalue weighted by Crippen LogP contribution is 2.35. The molecule has 3 aromatic carbocycles. The van der Waals surface area contributed by atoms with Crippen LogP contribution in [0.5, 0.6) is 0 Å². The standard InChI is InChI=1S/C43H43N7O5/c1-54-43(53)48-38(32-8-3-2-4-9-32)42(52)50-24-6-11-36(50)40-45-27-34(47-40)31-21-17-29(18-22-31)14-13-28-15-19-30(20-16-28)33-26-44-39(46-33)35-10-5-23-49(35)41(51)37-12-7-25-55-37/h2-4,8-9,15-22,26-27,35-38H,5-7,10-12,23-25H2,1H3,(H,44,46)(H,45,47)(H,48,53)/t35-,36-,37-,38+/m0/s1. The summed E-state index contributed by atoms with van der Waals surface area (Å²) < 4.78 is 10.5. The smallest absolute Gasteiger partial charge is 0.407 e. The van der Waals surface area contributed by atoms with Gasteiger partial charge in [0.05, 0.1) is 43.0 Å². The van der Waals surface area contributed by atoms with E-state index in [1.807, 2.05) is 90.0 Å². The molecule has 0 saturated carbocycles. The summed E-state index contributed by atoms with van der Waals surface area (Å²) in [5.74, 6) is 7.92. The number of hydrogen-bond acceptors (Lipinski definition) is 7. The van der Waals surface area contributed by atoms with Crippen molar-refractivity contribution >= 4 is 17.9 Å². The summed E-state index contributed by atoms with van der Waals surface area (Å²) in [6, 6.07) is 24.0. The van der Waals surface area contributed by atoms with Crippen molar-refractivity contribution in [1.82, 2.24) is 35.1 Å². The summed E-state index contributed by atoms with van der Waals surface area (Å²) in [5.41, 5.74) is 6.15. The number of carbonyl (C=O) groups is 3. The molecule has 0 spiro atoms. The molecule has 3 saturated heterocycles. The minimum absolute atomic E-state index is 0.0536. The van der Waals surface area contributed by atoms with Gasteiger partial charge in [-0.25, -0.2) is 14.8 Å². The highest BCUT2D eigenvalue weighted by Gasteiger charge is 2.38. The molecular formula is C43H43N7O5. The average Bonchev–Trinajstić information content (AvgIpc) is 4.09. The molecule has 3 amide bonds. The molecular weight excluding hydrogens is 695 g/mol. The average molecular weight is 738 g/mol. The topological polar surface area (TPSA) is 146 Å². The largest absolute Gasteiger partial charge is 0.453 e. The van der Waals surface area contributed by atoms with Gasteiger partial charge in [0.2, 0.25) is 0 Å². The number of ether oxygens (including phenoxy) is 2. The van der Waals surface area contributed by atoms with Crippen molar-refractivity contribution in [3.8, 4) is 34.4 Å². The molecule has 12 heteroatoms. The summed E-state index contributed by atoms with van der Waals surface area (Å²) in [6.45, 7) is 1.95. The van der Waals surface area contributed by atoms with Crippen LogP contribution in [0.1, 0.15) is 85.0 Å². The normalized spacial score (nSPS) is 19.8. The van der Waals surface area contributed by atoms with Crippen LogP contribution in [0.3, 0.4) is 0 Å². The SMILES string of the molecule is COC(=O)N[C@@H](C(=O)N1CCC[C@H]1c1ncc(-c2ccc(C#Cc3ccc(-c4cnc([C@@H]5CCCN5C(=O)[C@@H]5CCCO5)[nH]4)cc3)cc2)[nH]1)c1ccccc1. The van der Waals surface area contributed by atoms with E-state index in [1.165, 1.54) is 7.11 Å². The van der Waals surface area contributed by atoms with Crippen molar-refractivity contribution < 1.29 is 23.9 Å². The van der Waals surface area contributed by atoms with Crippen LogP contribution in [-0.2, 0) is 19.1 Å². The lowest BCUT2D eigenvalue weighted by atomic mass is 10.1. The van der Waals surface area contributed by atoms with Gasteiger partial charge < -0.3 is 34.6 Å². The molecule has 0 aliphatic carbocycles. The van der Waals surface area contributed by atoms with Crippen LogP contribution in [-0.4, -0.2) is 80.6 Å². The zero-order valence-electron chi connectivity index (χ0n) is 30.7. The van der Waals surface area contributed by atoms with E-state index >= 15 is 0 Å². The summed E-state index contributed by atoms with van der Waals surface area (Å²) >= 11 is 0. The van der Waals surface area contributed by atoms with Gasteiger partial charge in [0.1, 0.15) is 23.8 Å². The Morgan fingerprint density at radius 2 is 1.33 bits per heavy atom. The second kappa shape index (κ2) is 16.0. The fourth-order valence-electron chi connectivity index (χ4n) is 7.78. The Kier molecular flexibility index (Phi) is 10.4. The number of benzene rings is 3. The van der Waals surface area contributed by atoms with Crippen molar-refractivity contribution in [3.05, 3.63) is 120 Å². The molecule has 5 heterocycles. The number of carbonyl (C=O) groups excluding carboxylic acids is 3. The minimum atomic E-state index is -0.871. The summed E-state index contributed by atoms with van der Waals surface area (Å²) in [4.78, 5) is 59.0. The summed E-state index contributed by atoms with van der Waals surface area (Å²) in [7, 11) is 1.28. The number of imidazole rings is 2. The molecule has 3 N–H and O–H groups in total. The molecule has 4 atom stereocenters. The number of alkyl carbamates (subject to hydrolysis) is 1. The molecule has 2 aromatic heterocycles. The van der Waals surface area contributed by atoms with Crippen LogP contribution in [0.15, 0.2) is 91.3 Å². The quantitative estimate of drug-likeness (QED) is 0.155. The highest BCUT2D eigenvalue weighted by atomic mass is 16.5. The van der Waals surface area contributed by atoms with E-state index in [1.54, 1.807) is 11.1 Å². The van der Waals surface area contributed by atoms with Crippen molar-refractivity contribution in [2.24, 2.45) is 0 Å². The number of aromatic amines is 2. The van der Waals surface area contributed by atoms with Crippen molar-refractivity contribution in [2.75, 3.05) is 26.8 Å². The van der Waals surface area contributed by atoms with Crippen molar-refractivity contribution in [3.63, 3.8) is 0 Å². The van der Waals surface area contributed by atoms with E-state index in [2.05, 4.69) is 37.1 Å². The zero-order valence-corrected chi connectivity index (χ0v) is 30.7. The van der Waals surface area contributed by atoms with Gasteiger partial charge in [-0.2, -0.15) is 0 Å². The summed E-state index contributed by atoms with van der Waals surface area (Å²) in [6.07, 6.45) is 7.80. The van der Waals surface area contributed by atoms with Crippen LogP contribution in [0.25, 0.3) is 22.5 Å². The van der Waals surface area contributed by atoms with Gasteiger partial charge in [0.15, 0.2) is 0 Å². The molecule has 0 bridgehead atoms. The summed E-state index contributed by atoms with van der Waals surface area (Å²) in [5, 5.41) is 2.71. The lowest BCUT2D eigenvalue weighted by Crippen LogP contribution is -2.42. The third kappa shape index (κ3) is 7.75. The monoisotopic (exact) mass is 737 g/mol. The number of methoxy groups -OCH3 is 1. The molecule has 8 rings (SSSR count). The van der Waals surface area contributed by atoms with Gasteiger partial charge in [-0.3, -0.25) is 9.59 Å². The second-order valence-electron chi connectivity index (χ2n) is 14.1. The first-order valence-electron chi connectivity index (χ1n) is 18.9. The molecule has 0 unspecified atom stereocenters. The van der Waals surface area contributed by atoms with E-state index in [0.29, 0.717) is 24.5 Å². The third-order valence-corrected chi connectivity index (χ3v) is 10.7. The van der Waals surface area contributed by atoms with Crippen LogP contribution in [0.2, 0.25) is 0 Å². The van der Waals surface area contributed by atoms with Crippen molar-refractivity contribution in [1.29, 1.82) is 0 Å². The lowest BCUT2D eigenvalue weighted by molar-refractivity contribution is -0.142. The Morgan fingerprint density at radius 1 is 0.764 bits per heavy atom. The third-order valence-electron chi connectivity index (χ3n) is 10.7. The number of rotatable bonds is 8. The number of aromatic nitrogens is 4. The maximum absolute atomic E-state index is 13.8. The number of nitrogens with one attached hydrogen (secondary N) is 3. The van der Waals surface area contributed by atoms with E-state index in [0.717, 1.165) is 84.5 Å². The Balaban J connectivity index is 0.901. The Bertz CT molecular complexity index is 2200. The van der Waals surface area contributed by atoms with E-state index in [9.17, 15) is 14.4 Å². The van der Waals surface area contributed by atoms with E-state index in [4.69, 9.17) is 9.47 Å². The molecule has 3 aliphatic rings. The fraction of sp³-hybridized carbons (Fsp3) is 0.326. The van der Waals surface area contributed by atoms with Gasteiger partial charge in [0.25, 0.3) is 11.8 Å². The molecule has 280 valence electrons. The first-order chi connectivity index (χ1) is 26.9. The number of likely N-dealkylation sites (tertiary alicyclic amines) is 2. The van der Waals surface area contributed by atoms with Gasteiger partial charge in [-0.1, -0.05) is 66.4 Å².